The van der Waals surface area contributed by atoms with E-state index < -0.39 is 0 Å². The van der Waals surface area contributed by atoms with Crippen LogP contribution in [0, 0.1) is 13.8 Å². The van der Waals surface area contributed by atoms with Gasteiger partial charge in [0.2, 0.25) is 0 Å². The highest BCUT2D eigenvalue weighted by Gasteiger charge is 2.11. The standard InChI is InChI=1S/C14H23NO2/c1-5-17-7-6-13(15)12-8-11(3)14(16-4)9-10(12)2/h8-9,13H,5-7,15H2,1-4H3. The average molecular weight is 237 g/mol. The maximum absolute atomic E-state index is 6.18. The van der Waals surface area contributed by atoms with E-state index in [1.54, 1.807) is 7.11 Å². The zero-order valence-electron chi connectivity index (χ0n) is 11.2. The Kier molecular flexibility index (Phi) is 5.45. The second kappa shape index (κ2) is 6.62. The largest absolute Gasteiger partial charge is 0.496 e. The molecule has 3 heteroatoms. The first-order chi connectivity index (χ1) is 8.10. The Morgan fingerprint density at radius 1 is 1.24 bits per heavy atom. The second-order valence-electron chi connectivity index (χ2n) is 4.27. The molecule has 0 aliphatic heterocycles. The first kappa shape index (κ1) is 14.0. The number of nitrogens with two attached hydrogens (primary N) is 1. The van der Waals surface area contributed by atoms with Crippen molar-refractivity contribution < 1.29 is 9.47 Å². The molecule has 0 saturated heterocycles. The third-order valence-electron chi connectivity index (χ3n) is 2.96. The van der Waals surface area contributed by atoms with Crippen molar-refractivity contribution in [3.63, 3.8) is 0 Å². The predicted molar refractivity (Wildman–Crippen MR) is 70.5 cm³/mol. The van der Waals surface area contributed by atoms with Gasteiger partial charge in [0.05, 0.1) is 7.11 Å². The van der Waals surface area contributed by atoms with E-state index in [1.807, 2.05) is 19.9 Å². The molecule has 17 heavy (non-hydrogen) atoms. The average Bonchev–Trinajstić information content (AvgIpc) is 2.31. The fraction of sp³-hybridized carbons (Fsp3) is 0.571. The second-order valence-corrected chi connectivity index (χ2v) is 4.27. The molecule has 0 fully saturated rings. The quantitative estimate of drug-likeness (QED) is 0.774. The molecule has 0 spiro atoms. The van der Waals surface area contributed by atoms with E-state index in [2.05, 4.69) is 13.0 Å². The van der Waals surface area contributed by atoms with E-state index in [-0.39, 0.29) is 6.04 Å². The molecular formula is C14H23NO2. The van der Waals surface area contributed by atoms with Crippen LogP contribution in [0.4, 0.5) is 0 Å². The van der Waals surface area contributed by atoms with Crippen molar-refractivity contribution in [1.82, 2.24) is 0 Å². The molecule has 0 aliphatic carbocycles. The monoisotopic (exact) mass is 237 g/mol. The molecule has 1 aromatic carbocycles. The van der Waals surface area contributed by atoms with Gasteiger partial charge in [0.1, 0.15) is 5.75 Å². The summed E-state index contributed by atoms with van der Waals surface area (Å²) in [5.74, 6) is 0.920. The predicted octanol–water partition coefficient (Wildman–Crippen LogP) is 2.74. The Balaban J connectivity index is 2.79. The normalized spacial score (nSPS) is 12.5. The van der Waals surface area contributed by atoms with Gasteiger partial charge in [-0.1, -0.05) is 6.07 Å². The number of hydrogen-bond donors (Lipinski definition) is 1. The summed E-state index contributed by atoms with van der Waals surface area (Å²) < 4.78 is 10.6. The van der Waals surface area contributed by atoms with E-state index in [0.29, 0.717) is 6.61 Å². The van der Waals surface area contributed by atoms with Gasteiger partial charge in [-0.2, -0.15) is 0 Å². The highest BCUT2D eigenvalue weighted by atomic mass is 16.5. The van der Waals surface area contributed by atoms with Gasteiger partial charge in [0.25, 0.3) is 0 Å². The lowest BCUT2D eigenvalue weighted by Gasteiger charge is -2.17. The summed E-state index contributed by atoms with van der Waals surface area (Å²) >= 11 is 0. The maximum atomic E-state index is 6.18. The topological polar surface area (TPSA) is 44.5 Å². The van der Waals surface area contributed by atoms with E-state index in [0.717, 1.165) is 24.3 Å². The zero-order valence-corrected chi connectivity index (χ0v) is 11.2. The molecule has 96 valence electrons. The van der Waals surface area contributed by atoms with Gasteiger partial charge in [0, 0.05) is 19.3 Å². The molecule has 0 aromatic heterocycles. The fourth-order valence-electron chi connectivity index (χ4n) is 1.94. The van der Waals surface area contributed by atoms with Crippen LogP contribution < -0.4 is 10.5 Å². The third kappa shape index (κ3) is 3.72. The van der Waals surface area contributed by atoms with Gasteiger partial charge in [-0.3, -0.25) is 0 Å². The van der Waals surface area contributed by atoms with Crippen LogP contribution in [0.1, 0.15) is 36.1 Å². The van der Waals surface area contributed by atoms with Gasteiger partial charge in [-0.15, -0.1) is 0 Å². The lowest BCUT2D eigenvalue weighted by Crippen LogP contribution is -2.15. The summed E-state index contributed by atoms with van der Waals surface area (Å²) in [5.41, 5.74) is 9.66. The van der Waals surface area contributed by atoms with Crippen LogP contribution in [0.5, 0.6) is 5.75 Å². The lowest BCUT2D eigenvalue weighted by atomic mass is 9.97. The van der Waals surface area contributed by atoms with Crippen LogP contribution in [-0.4, -0.2) is 20.3 Å². The summed E-state index contributed by atoms with van der Waals surface area (Å²) in [5, 5.41) is 0. The van der Waals surface area contributed by atoms with Crippen molar-refractivity contribution in [2.24, 2.45) is 5.73 Å². The first-order valence-electron chi connectivity index (χ1n) is 6.08. The van der Waals surface area contributed by atoms with Gasteiger partial charge in [0.15, 0.2) is 0 Å². The van der Waals surface area contributed by atoms with Gasteiger partial charge >= 0.3 is 0 Å². The molecule has 0 saturated carbocycles. The number of methoxy groups -OCH3 is 1. The highest BCUT2D eigenvalue weighted by Crippen LogP contribution is 2.26. The first-order valence-corrected chi connectivity index (χ1v) is 6.08. The molecule has 2 N–H and O–H groups in total. The van der Waals surface area contributed by atoms with Crippen LogP contribution in [0.25, 0.3) is 0 Å². The van der Waals surface area contributed by atoms with Crippen molar-refractivity contribution in [3.8, 4) is 5.75 Å². The van der Waals surface area contributed by atoms with Gasteiger partial charge in [-0.05, 0) is 49.9 Å². The van der Waals surface area contributed by atoms with E-state index in [4.69, 9.17) is 15.2 Å². The highest BCUT2D eigenvalue weighted by molar-refractivity contribution is 5.42. The van der Waals surface area contributed by atoms with Gasteiger partial charge in [-0.25, -0.2) is 0 Å². The number of hydrogen-bond acceptors (Lipinski definition) is 3. The molecule has 0 amide bonds. The third-order valence-corrected chi connectivity index (χ3v) is 2.96. The van der Waals surface area contributed by atoms with Crippen molar-refractivity contribution in [2.75, 3.05) is 20.3 Å². The molecule has 0 bridgehead atoms. The van der Waals surface area contributed by atoms with Crippen LogP contribution in [0.15, 0.2) is 12.1 Å². The fourth-order valence-corrected chi connectivity index (χ4v) is 1.94. The maximum Gasteiger partial charge on any atom is 0.122 e. The molecule has 0 heterocycles. The summed E-state index contributed by atoms with van der Waals surface area (Å²) in [6.07, 6.45) is 0.848. The molecule has 1 rings (SSSR count). The Hall–Kier alpha value is -1.06. The van der Waals surface area contributed by atoms with E-state index in [9.17, 15) is 0 Å². The SMILES string of the molecule is CCOCCC(N)c1cc(C)c(OC)cc1C. The lowest BCUT2D eigenvalue weighted by molar-refractivity contribution is 0.140. The van der Waals surface area contributed by atoms with Crippen molar-refractivity contribution in [2.45, 2.75) is 33.2 Å². The van der Waals surface area contributed by atoms with Crippen molar-refractivity contribution >= 4 is 0 Å². The van der Waals surface area contributed by atoms with Crippen LogP contribution in [0.2, 0.25) is 0 Å². The molecule has 1 atom stereocenters. The molecule has 1 unspecified atom stereocenters. The Bertz CT molecular complexity index is 363. The number of aryl methyl sites for hydroxylation is 2. The minimum absolute atomic E-state index is 0.0335. The van der Waals surface area contributed by atoms with Crippen molar-refractivity contribution in [1.29, 1.82) is 0 Å². The Morgan fingerprint density at radius 3 is 2.53 bits per heavy atom. The number of benzene rings is 1. The van der Waals surface area contributed by atoms with E-state index >= 15 is 0 Å². The molecule has 0 aliphatic rings. The van der Waals surface area contributed by atoms with E-state index in [1.165, 1.54) is 11.1 Å². The number of ether oxygens (including phenoxy) is 2. The van der Waals surface area contributed by atoms with Crippen LogP contribution in [0.3, 0.4) is 0 Å². The zero-order chi connectivity index (χ0) is 12.8. The molecule has 0 radical (unpaired) electrons. The van der Waals surface area contributed by atoms with Crippen molar-refractivity contribution in [3.05, 3.63) is 28.8 Å². The van der Waals surface area contributed by atoms with Crippen LogP contribution >= 0.6 is 0 Å². The van der Waals surface area contributed by atoms with Crippen LogP contribution in [-0.2, 0) is 4.74 Å². The minimum Gasteiger partial charge on any atom is -0.496 e. The molecule has 1 aromatic rings. The Morgan fingerprint density at radius 2 is 1.94 bits per heavy atom. The smallest absolute Gasteiger partial charge is 0.122 e. The Labute approximate surface area is 104 Å². The summed E-state index contributed by atoms with van der Waals surface area (Å²) in [7, 11) is 1.69. The summed E-state index contributed by atoms with van der Waals surface area (Å²) in [6, 6.07) is 4.20. The van der Waals surface area contributed by atoms with Gasteiger partial charge < -0.3 is 15.2 Å². The summed E-state index contributed by atoms with van der Waals surface area (Å²) in [6.45, 7) is 7.55. The number of rotatable bonds is 6. The summed E-state index contributed by atoms with van der Waals surface area (Å²) in [4.78, 5) is 0. The molecule has 3 nitrogen and oxygen atoms in total. The minimum atomic E-state index is 0.0335. The molecular weight excluding hydrogens is 214 g/mol.